The normalized spacial score (nSPS) is 23.6. The molecule has 5 N–H and O–H groups in total. The third-order valence-corrected chi connectivity index (χ3v) is 3.23. The summed E-state index contributed by atoms with van der Waals surface area (Å²) in [7, 11) is -2.82. The summed E-state index contributed by atoms with van der Waals surface area (Å²) in [5, 5.41) is 8.71. The van der Waals surface area contributed by atoms with Crippen LogP contribution in [0.25, 0.3) is 0 Å². The van der Waals surface area contributed by atoms with E-state index >= 15 is 0 Å². The van der Waals surface area contributed by atoms with Crippen molar-refractivity contribution < 1.29 is 33.9 Å². The van der Waals surface area contributed by atoms with Gasteiger partial charge < -0.3 is 4.74 Å². The summed E-state index contributed by atoms with van der Waals surface area (Å²) in [5.74, 6) is 0.162. The fourth-order valence-electron chi connectivity index (χ4n) is 1.73. The largest absolute Gasteiger partial charge is 0.567 e. The lowest BCUT2D eigenvalue weighted by Crippen LogP contribution is -2.31. The summed E-state index contributed by atoms with van der Waals surface area (Å²) in [4.78, 5) is 42.1. The molecule has 0 saturated carbocycles. The van der Waals surface area contributed by atoms with Crippen molar-refractivity contribution >= 4 is 20.4 Å². The van der Waals surface area contributed by atoms with Crippen molar-refractivity contribution in [3.63, 3.8) is 0 Å². The summed E-state index contributed by atoms with van der Waals surface area (Å²) < 4.78 is 9.96. The number of nitrogens with one attached hydrogen (secondary N) is 1. The summed E-state index contributed by atoms with van der Waals surface area (Å²) in [6.45, 7) is -0.190. The summed E-state index contributed by atoms with van der Waals surface area (Å²) >= 11 is 0. The lowest BCUT2D eigenvalue weighted by atomic mass is 10.2. The van der Waals surface area contributed by atoms with E-state index in [1.54, 1.807) is 0 Å². The predicted molar refractivity (Wildman–Crippen MR) is 72.7 cm³/mol. The highest BCUT2D eigenvalue weighted by molar-refractivity contribution is 7.53. The van der Waals surface area contributed by atoms with E-state index in [4.69, 9.17) is 24.6 Å². The third-order valence-electron chi connectivity index (χ3n) is 2.73. The fraction of sp³-hybridized carbons (Fsp3) is 0.600. The van der Waals surface area contributed by atoms with Crippen LogP contribution in [0.2, 0.25) is 0 Å². The highest BCUT2D eigenvalue weighted by atomic mass is 31.2. The SMILES string of the molecule is CN=C(/C=C\N(C=O)C1CCC(CO[P+](O)(O)O)O1)NO. The first-order chi connectivity index (χ1) is 9.89. The molecule has 0 bridgehead atoms. The number of amidine groups is 1. The maximum absolute atomic E-state index is 11.0. The molecule has 1 aliphatic rings. The Bertz CT molecular complexity index is 399. The van der Waals surface area contributed by atoms with Gasteiger partial charge in [0.15, 0.2) is 0 Å². The number of aliphatic imine (C=N–C) groups is 1. The summed E-state index contributed by atoms with van der Waals surface area (Å²) in [6, 6.07) is 0. The number of hydrogen-bond donors (Lipinski definition) is 5. The third kappa shape index (κ3) is 6.44. The van der Waals surface area contributed by atoms with Crippen LogP contribution in [-0.4, -0.2) is 63.0 Å². The highest BCUT2D eigenvalue weighted by Gasteiger charge is 2.37. The van der Waals surface area contributed by atoms with Crippen molar-refractivity contribution in [1.82, 2.24) is 10.4 Å². The molecule has 21 heavy (non-hydrogen) atoms. The number of ether oxygens (including phenoxy) is 1. The Morgan fingerprint density at radius 3 is 2.76 bits per heavy atom. The Balaban J connectivity index is 2.51. The molecule has 1 aliphatic heterocycles. The molecule has 0 aromatic carbocycles. The highest BCUT2D eigenvalue weighted by Crippen LogP contribution is 2.46. The first-order valence-electron chi connectivity index (χ1n) is 6.04. The maximum Gasteiger partial charge on any atom is 0.567 e. The number of carbonyl (C=O) groups excluding carboxylic acids is 1. The topological polar surface area (TPSA) is 144 Å². The standard InChI is InChI=1S/C10H19N3O7P/c1-11-9(12-15)4-5-13(7-14)10-3-2-8(20-10)6-19-21(16,17)18/h4-5,7-8,10,15-18H,2-3,6H2,1H3,(H,11,12)/q+1/b5-4-. The van der Waals surface area contributed by atoms with Crippen molar-refractivity contribution in [2.24, 2.45) is 4.99 Å². The van der Waals surface area contributed by atoms with E-state index < -0.39 is 20.5 Å². The van der Waals surface area contributed by atoms with Gasteiger partial charge in [-0.05, 0) is 18.9 Å². The molecule has 1 saturated heterocycles. The molecule has 0 aromatic heterocycles. The van der Waals surface area contributed by atoms with Crippen molar-refractivity contribution in [3.8, 4) is 0 Å². The number of rotatable bonds is 7. The monoisotopic (exact) mass is 324 g/mol. The molecular formula is C10H19N3O7P+. The lowest BCUT2D eigenvalue weighted by molar-refractivity contribution is -0.127. The Morgan fingerprint density at radius 1 is 1.52 bits per heavy atom. The maximum atomic E-state index is 11.0. The number of carbonyl (C=O) groups is 1. The second kappa shape index (κ2) is 8.35. The first-order valence-corrected chi connectivity index (χ1v) is 7.61. The molecular weight excluding hydrogens is 305 g/mol. The molecule has 120 valence electrons. The van der Waals surface area contributed by atoms with E-state index in [9.17, 15) is 4.79 Å². The van der Waals surface area contributed by atoms with Gasteiger partial charge in [-0.1, -0.05) is 0 Å². The Labute approximate surface area is 121 Å². The number of amides is 1. The second-order valence-corrected chi connectivity index (χ2v) is 5.47. The van der Waals surface area contributed by atoms with Crippen LogP contribution in [0.3, 0.4) is 0 Å². The molecule has 1 amide bonds. The number of hydroxylamine groups is 1. The van der Waals surface area contributed by atoms with Crippen molar-refractivity contribution in [2.75, 3.05) is 13.7 Å². The van der Waals surface area contributed by atoms with Gasteiger partial charge >= 0.3 is 8.17 Å². The molecule has 0 spiro atoms. The molecule has 11 heteroatoms. The molecule has 2 atom stereocenters. The van der Waals surface area contributed by atoms with Gasteiger partial charge in [0.1, 0.15) is 18.7 Å². The van der Waals surface area contributed by atoms with Crippen LogP contribution in [0.5, 0.6) is 0 Å². The molecule has 0 radical (unpaired) electrons. The zero-order valence-electron chi connectivity index (χ0n) is 11.4. The second-order valence-electron chi connectivity index (χ2n) is 4.19. The van der Waals surface area contributed by atoms with Gasteiger partial charge in [-0.3, -0.25) is 25.4 Å². The minimum absolute atomic E-state index is 0.162. The van der Waals surface area contributed by atoms with Crippen LogP contribution >= 0.6 is 8.17 Å². The molecule has 1 rings (SSSR count). The van der Waals surface area contributed by atoms with Gasteiger partial charge in [0.25, 0.3) is 0 Å². The zero-order chi connectivity index (χ0) is 15.9. The first kappa shape index (κ1) is 17.9. The zero-order valence-corrected chi connectivity index (χ0v) is 12.3. The van der Waals surface area contributed by atoms with Crippen LogP contribution in [0.1, 0.15) is 12.8 Å². The van der Waals surface area contributed by atoms with Gasteiger partial charge in [0.05, 0.1) is 6.10 Å². The van der Waals surface area contributed by atoms with E-state index in [-0.39, 0.29) is 12.4 Å². The molecule has 0 aromatic rings. The van der Waals surface area contributed by atoms with Crippen LogP contribution in [-0.2, 0) is 14.1 Å². The number of nitrogens with zero attached hydrogens (tertiary/aromatic N) is 2. The molecule has 0 aliphatic carbocycles. The predicted octanol–water partition coefficient (Wildman–Crippen LogP) is -0.858. The Hall–Kier alpha value is -1.13. The van der Waals surface area contributed by atoms with Crippen LogP contribution < -0.4 is 5.48 Å². The van der Waals surface area contributed by atoms with Crippen LogP contribution in [0, 0.1) is 0 Å². The van der Waals surface area contributed by atoms with Crippen LogP contribution in [0.15, 0.2) is 17.3 Å². The van der Waals surface area contributed by atoms with E-state index in [0.717, 1.165) is 0 Å². The summed E-state index contributed by atoms with van der Waals surface area (Å²) in [5.41, 5.74) is 1.85. The van der Waals surface area contributed by atoms with E-state index in [2.05, 4.69) is 9.52 Å². The van der Waals surface area contributed by atoms with Gasteiger partial charge in [0, 0.05) is 13.2 Å². The quantitative estimate of drug-likeness (QED) is 0.134. The molecule has 1 fully saturated rings. The van der Waals surface area contributed by atoms with Crippen molar-refractivity contribution in [1.29, 1.82) is 0 Å². The fourth-order valence-corrected chi connectivity index (χ4v) is 2.10. The van der Waals surface area contributed by atoms with E-state index in [0.29, 0.717) is 19.3 Å². The van der Waals surface area contributed by atoms with E-state index in [1.165, 1.54) is 24.2 Å². The molecule has 10 nitrogen and oxygen atoms in total. The van der Waals surface area contributed by atoms with E-state index in [1.807, 2.05) is 5.48 Å². The average molecular weight is 324 g/mol. The minimum atomic E-state index is -4.28. The Morgan fingerprint density at radius 2 is 2.24 bits per heavy atom. The number of hydrogen-bond acceptors (Lipinski definition) is 8. The minimum Gasteiger partial charge on any atom is -0.352 e. The van der Waals surface area contributed by atoms with Gasteiger partial charge in [-0.2, -0.15) is 19.2 Å². The van der Waals surface area contributed by atoms with Gasteiger partial charge in [0.2, 0.25) is 6.41 Å². The van der Waals surface area contributed by atoms with Crippen molar-refractivity contribution in [3.05, 3.63) is 12.3 Å². The summed E-state index contributed by atoms with van der Waals surface area (Å²) in [6.07, 6.45) is 3.34. The van der Waals surface area contributed by atoms with Gasteiger partial charge in [-0.15, -0.1) is 0 Å². The Kier molecular flexibility index (Phi) is 7.12. The van der Waals surface area contributed by atoms with Gasteiger partial charge in [-0.25, -0.2) is 0 Å². The molecule has 1 heterocycles. The lowest BCUT2D eigenvalue weighted by Gasteiger charge is -2.21. The average Bonchev–Trinajstić information content (AvgIpc) is 2.90. The van der Waals surface area contributed by atoms with Crippen molar-refractivity contribution in [2.45, 2.75) is 25.2 Å². The smallest absolute Gasteiger partial charge is 0.352 e. The van der Waals surface area contributed by atoms with Crippen LogP contribution in [0.4, 0.5) is 0 Å². The molecule has 2 unspecified atom stereocenters.